The minimum absolute atomic E-state index is 0.0468. The number of fused-ring (bicyclic) bond motifs is 1. The summed E-state index contributed by atoms with van der Waals surface area (Å²) in [7, 11) is 0. The van der Waals surface area contributed by atoms with Gasteiger partial charge in [0.15, 0.2) is 22.3 Å². The van der Waals surface area contributed by atoms with Gasteiger partial charge in [0.05, 0.1) is 24.3 Å². The summed E-state index contributed by atoms with van der Waals surface area (Å²) in [6, 6.07) is 3.42. The number of β-lactam (4-membered cyclic amide) rings is 1. The SMILES string of the molecule is Nc1cc(N)[n+](C/C=C/C2=C(C(=O)[O-])N3C(=O)C(NC(=O)/C(=N\OC(C(=O)O)c4ccc(O)c(O)c4)c4csc(N)n4)[C@H]3SC2)cn1. The van der Waals surface area contributed by atoms with E-state index in [1.165, 1.54) is 41.7 Å². The highest BCUT2D eigenvalue weighted by atomic mass is 32.2. The van der Waals surface area contributed by atoms with Crippen molar-refractivity contribution < 1.29 is 49.0 Å². The Morgan fingerprint density at radius 1 is 1.23 bits per heavy atom. The van der Waals surface area contributed by atoms with E-state index in [1.807, 2.05) is 0 Å². The van der Waals surface area contributed by atoms with Crippen molar-refractivity contribution in [2.24, 2.45) is 5.16 Å². The number of aromatic nitrogens is 3. The summed E-state index contributed by atoms with van der Waals surface area (Å²) < 4.78 is 1.57. The van der Waals surface area contributed by atoms with Gasteiger partial charge in [0.1, 0.15) is 17.1 Å². The first-order valence-electron chi connectivity index (χ1n) is 13.3. The lowest BCUT2D eigenvalue weighted by molar-refractivity contribution is -0.675. The van der Waals surface area contributed by atoms with Crippen molar-refractivity contribution in [2.75, 3.05) is 23.0 Å². The van der Waals surface area contributed by atoms with E-state index in [2.05, 4.69) is 20.4 Å². The zero-order chi connectivity index (χ0) is 34.0. The predicted molar refractivity (Wildman–Crippen MR) is 164 cm³/mol. The summed E-state index contributed by atoms with van der Waals surface area (Å²) in [5.41, 5.74) is 16.4. The van der Waals surface area contributed by atoms with Gasteiger partial charge in [0, 0.05) is 16.7 Å². The topological polar surface area (TPSA) is 297 Å². The molecule has 10 N–H and O–H groups in total. The Hall–Kier alpha value is -5.89. The smallest absolute Gasteiger partial charge is 0.352 e. The number of carboxylic acids is 2. The van der Waals surface area contributed by atoms with E-state index in [9.17, 15) is 39.6 Å². The van der Waals surface area contributed by atoms with Crippen LogP contribution in [0.15, 0.2) is 64.6 Å². The van der Waals surface area contributed by atoms with Crippen molar-refractivity contribution in [3.63, 3.8) is 0 Å². The predicted octanol–water partition coefficient (Wildman–Crippen LogP) is -1.81. The van der Waals surface area contributed by atoms with Crippen molar-refractivity contribution in [1.82, 2.24) is 20.2 Å². The maximum Gasteiger partial charge on any atom is 0.352 e. The Bertz CT molecular complexity index is 1880. The van der Waals surface area contributed by atoms with Gasteiger partial charge in [-0.25, -0.2) is 14.3 Å². The number of nitrogens with two attached hydrogens (primary N) is 3. The zero-order valence-corrected chi connectivity index (χ0v) is 25.5. The van der Waals surface area contributed by atoms with E-state index in [1.54, 1.807) is 10.6 Å². The Morgan fingerprint density at radius 2 is 2.00 bits per heavy atom. The summed E-state index contributed by atoms with van der Waals surface area (Å²) in [6.45, 7) is 0.228. The number of anilines is 3. The Labute approximate surface area is 272 Å². The maximum atomic E-state index is 13.4. The largest absolute Gasteiger partial charge is 0.543 e. The highest BCUT2D eigenvalue weighted by molar-refractivity contribution is 8.00. The average molecular weight is 684 g/mol. The highest BCUT2D eigenvalue weighted by Gasteiger charge is 2.53. The van der Waals surface area contributed by atoms with Gasteiger partial charge in [-0.2, -0.15) is 0 Å². The number of nitrogens with zero attached hydrogens (tertiary/aromatic N) is 5. The van der Waals surface area contributed by atoms with E-state index < -0.39 is 58.5 Å². The number of carbonyl (C=O) groups is 4. The second kappa shape index (κ2) is 13.2. The van der Waals surface area contributed by atoms with E-state index in [4.69, 9.17) is 22.0 Å². The number of allylic oxidation sites excluding steroid dienone is 2. The number of carbonyl (C=O) groups excluding carboxylic acids is 3. The van der Waals surface area contributed by atoms with E-state index in [0.717, 1.165) is 28.4 Å². The first kappa shape index (κ1) is 32.5. The van der Waals surface area contributed by atoms with Crippen molar-refractivity contribution in [2.45, 2.75) is 24.1 Å². The van der Waals surface area contributed by atoms with Crippen LogP contribution in [-0.4, -0.2) is 76.8 Å². The molecule has 2 aliphatic heterocycles. The fraction of sp³-hybridized carbons (Fsp3) is 0.185. The van der Waals surface area contributed by atoms with Gasteiger partial charge in [-0.1, -0.05) is 28.4 Å². The molecule has 244 valence electrons. The molecule has 0 saturated carbocycles. The van der Waals surface area contributed by atoms with Gasteiger partial charge in [0.25, 0.3) is 11.8 Å². The molecule has 2 unspecified atom stereocenters. The molecule has 5 rings (SSSR count). The molecule has 3 aromatic rings. The summed E-state index contributed by atoms with van der Waals surface area (Å²) in [6.07, 6.45) is 2.74. The van der Waals surface area contributed by atoms with Crippen LogP contribution >= 0.6 is 23.1 Å². The number of aliphatic carboxylic acids is 2. The van der Waals surface area contributed by atoms with Crippen molar-refractivity contribution in [3.8, 4) is 11.5 Å². The molecular weight excluding hydrogens is 658 g/mol. The summed E-state index contributed by atoms with van der Waals surface area (Å²) in [5, 5.41) is 48.0. The molecule has 20 heteroatoms. The number of thiazole rings is 1. The van der Waals surface area contributed by atoms with Crippen molar-refractivity contribution in [1.29, 1.82) is 0 Å². The molecule has 0 spiro atoms. The number of thioether (sulfide) groups is 1. The third-order valence-electron chi connectivity index (χ3n) is 6.83. The van der Waals surface area contributed by atoms with Gasteiger partial charge < -0.3 is 52.6 Å². The minimum Gasteiger partial charge on any atom is -0.543 e. The van der Waals surface area contributed by atoms with Crippen LogP contribution in [0.2, 0.25) is 0 Å². The molecule has 2 aromatic heterocycles. The Kier molecular flexibility index (Phi) is 9.15. The molecule has 1 saturated heterocycles. The molecule has 0 bridgehead atoms. The Morgan fingerprint density at radius 3 is 2.64 bits per heavy atom. The van der Waals surface area contributed by atoms with Crippen LogP contribution in [0.3, 0.4) is 0 Å². The molecule has 2 amide bonds. The normalized spacial score (nSPS) is 18.4. The number of nitrogen functional groups attached to an aromatic ring is 3. The molecule has 1 fully saturated rings. The zero-order valence-electron chi connectivity index (χ0n) is 23.8. The number of aromatic hydroxyl groups is 2. The van der Waals surface area contributed by atoms with Crippen LogP contribution in [0.25, 0.3) is 0 Å². The highest BCUT2D eigenvalue weighted by Crippen LogP contribution is 2.40. The fourth-order valence-corrected chi connectivity index (χ4v) is 6.43. The number of nitrogens with one attached hydrogen (secondary N) is 1. The van der Waals surface area contributed by atoms with Crippen LogP contribution in [0.5, 0.6) is 11.5 Å². The maximum absolute atomic E-state index is 13.4. The number of phenolic OH excluding ortho intramolecular Hbond substituents is 2. The summed E-state index contributed by atoms with van der Waals surface area (Å²) >= 11 is 2.13. The van der Waals surface area contributed by atoms with Crippen LogP contribution in [-0.2, 0) is 30.6 Å². The minimum atomic E-state index is -1.83. The molecule has 47 heavy (non-hydrogen) atoms. The molecule has 4 heterocycles. The number of hydrogen-bond acceptors (Lipinski definition) is 16. The van der Waals surface area contributed by atoms with Crippen LogP contribution in [0.4, 0.5) is 16.8 Å². The third kappa shape index (κ3) is 6.72. The lowest BCUT2D eigenvalue weighted by atomic mass is 10.0. The molecule has 0 radical (unpaired) electrons. The second-order valence-electron chi connectivity index (χ2n) is 9.90. The van der Waals surface area contributed by atoms with E-state index in [-0.39, 0.29) is 40.2 Å². The van der Waals surface area contributed by atoms with Crippen molar-refractivity contribution >= 4 is 69.3 Å². The van der Waals surface area contributed by atoms with Gasteiger partial charge in [-0.05, 0) is 17.7 Å². The monoisotopic (exact) mass is 683 g/mol. The summed E-state index contributed by atoms with van der Waals surface area (Å²) in [4.78, 5) is 64.8. The van der Waals surface area contributed by atoms with E-state index >= 15 is 0 Å². The fourth-order valence-electron chi connectivity index (χ4n) is 4.56. The second-order valence-corrected chi connectivity index (χ2v) is 11.9. The van der Waals surface area contributed by atoms with E-state index in [0.29, 0.717) is 11.4 Å². The van der Waals surface area contributed by atoms with Crippen LogP contribution < -0.4 is 32.2 Å². The van der Waals surface area contributed by atoms with Crippen LogP contribution in [0.1, 0.15) is 17.4 Å². The quantitative estimate of drug-likeness (QED) is 0.0385. The molecule has 2 aliphatic rings. The molecule has 0 aliphatic carbocycles. The standard InChI is InChI=1S/C27H25N9O9S2/c28-16-7-17(29)35(10-31-16)5-1-2-12-8-46-24-19(23(40)36(24)20(12)25(41)42)33-22(39)18(13-9-47-27(30)32-13)34-45-21(26(43)44)11-3-4-14(37)15(38)6-11/h1-4,6-7,9-10,19,21,24H,5,8H2,(H10,28,29,30,32,33,34,37,38,39,41,42,43,44)/b2-1+/t19?,21?,24-/m1/s1. The number of oxime groups is 1. The number of amides is 2. The first-order chi connectivity index (χ1) is 22.3. The molecule has 1 aromatic carbocycles. The lowest BCUT2D eigenvalue weighted by Crippen LogP contribution is -2.71. The Balaban J connectivity index is 1.35. The average Bonchev–Trinajstić information content (AvgIpc) is 3.45. The first-order valence-corrected chi connectivity index (χ1v) is 15.3. The number of carboxylic acid groups (broad SMARTS) is 2. The molecular formula is C27H25N9O9S2. The number of phenols is 2. The third-order valence-corrected chi connectivity index (χ3v) is 8.80. The number of benzene rings is 1. The molecule has 18 nitrogen and oxygen atoms in total. The molecule has 3 atom stereocenters. The van der Waals surface area contributed by atoms with Gasteiger partial charge >= 0.3 is 5.97 Å². The number of rotatable bonds is 11. The summed E-state index contributed by atoms with van der Waals surface area (Å²) in [5.74, 6) is -5.29. The number of hydrogen-bond donors (Lipinski definition) is 7. The van der Waals surface area contributed by atoms with Gasteiger partial charge in [-0.15, -0.1) is 23.1 Å². The lowest BCUT2D eigenvalue weighted by Gasteiger charge is -2.50. The van der Waals surface area contributed by atoms with Gasteiger partial charge in [0.2, 0.25) is 24.1 Å². The van der Waals surface area contributed by atoms with Crippen molar-refractivity contribution in [3.05, 3.63) is 70.7 Å². The van der Waals surface area contributed by atoms with Gasteiger partial charge in [-0.3, -0.25) is 14.5 Å². The van der Waals surface area contributed by atoms with Crippen LogP contribution in [0, 0.1) is 0 Å².